The largest absolute Gasteiger partial charge is 0.272 e. The van der Waals surface area contributed by atoms with Crippen LogP contribution in [0.5, 0.6) is 0 Å². The molecule has 1 aliphatic rings. The van der Waals surface area contributed by atoms with Crippen LogP contribution < -0.4 is 5.43 Å². The van der Waals surface area contributed by atoms with Crippen LogP contribution in [0.3, 0.4) is 0 Å². The summed E-state index contributed by atoms with van der Waals surface area (Å²) in [5, 5.41) is 6.57. The number of hydrogen-bond acceptors (Lipinski definition) is 3. The highest BCUT2D eigenvalue weighted by Crippen LogP contribution is 2.32. The lowest BCUT2D eigenvalue weighted by Crippen LogP contribution is -2.26. The third-order valence-electron chi connectivity index (χ3n) is 4.99. The Hall–Kier alpha value is -2.59. The van der Waals surface area contributed by atoms with Crippen molar-refractivity contribution in [1.82, 2.24) is 5.43 Å². The van der Waals surface area contributed by atoms with Gasteiger partial charge in [0.05, 0.1) is 11.5 Å². The lowest BCUT2D eigenvalue weighted by molar-refractivity contribution is -0.120. The zero-order chi connectivity index (χ0) is 18.8. The van der Waals surface area contributed by atoms with Crippen molar-refractivity contribution in [2.45, 2.75) is 36.8 Å². The van der Waals surface area contributed by atoms with E-state index in [2.05, 4.69) is 59.9 Å². The maximum Gasteiger partial charge on any atom is 0.253 e. The Balaban J connectivity index is 1.44. The van der Waals surface area contributed by atoms with Gasteiger partial charge in [-0.3, -0.25) is 4.79 Å². The maximum atomic E-state index is 12.3. The molecule has 4 rings (SSSR count). The van der Waals surface area contributed by atoms with Crippen molar-refractivity contribution < 1.29 is 4.79 Å². The Morgan fingerprint density at radius 1 is 1.07 bits per heavy atom. The summed E-state index contributed by atoms with van der Waals surface area (Å²) >= 11 is 1.54. The molecule has 136 valence electrons. The molecule has 1 atom stereocenters. The lowest BCUT2D eigenvalue weighted by Gasteiger charge is -2.10. The molecule has 3 aromatic carbocycles. The predicted molar refractivity (Wildman–Crippen MR) is 114 cm³/mol. The molecule has 3 aromatic rings. The first-order valence-electron chi connectivity index (χ1n) is 9.21. The van der Waals surface area contributed by atoms with Crippen LogP contribution in [0.25, 0.3) is 10.8 Å². The number of amides is 1. The Labute approximate surface area is 163 Å². The van der Waals surface area contributed by atoms with E-state index in [1.807, 2.05) is 19.1 Å². The number of nitrogens with one attached hydrogen (secondary N) is 1. The van der Waals surface area contributed by atoms with Crippen molar-refractivity contribution in [2.24, 2.45) is 5.10 Å². The monoisotopic (exact) mass is 374 g/mol. The second kappa shape index (κ2) is 7.57. The summed E-state index contributed by atoms with van der Waals surface area (Å²) in [7, 11) is 0. The van der Waals surface area contributed by atoms with Crippen molar-refractivity contribution in [1.29, 1.82) is 0 Å². The molecule has 4 heteroatoms. The normalized spacial score (nSPS) is 14.0. The van der Waals surface area contributed by atoms with E-state index in [9.17, 15) is 4.79 Å². The van der Waals surface area contributed by atoms with Crippen LogP contribution in [0.1, 0.15) is 29.2 Å². The molecule has 27 heavy (non-hydrogen) atoms. The van der Waals surface area contributed by atoms with Crippen LogP contribution >= 0.6 is 11.8 Å². The van der Waals surface area contributed by atoms with E-state index < -0.39 is 0 Å². The fourth-order valence-corrected chi connectivity index (χ4v) is 4.37. The van der Waals surface area contributed by atoms with Crippen LogP contribution in [-0.4, -0.2) is 17.4 Å². The summed E-state index contributed by atoms with van der Waals surface area (Å²) in [6.45, 7) is 3.95. The van der Waals surface area contributed by atoms with Crippen LogP contribution in [0.15, 0.2) is 64.6 Å². The summed E-state index contributed by atoms with van der Waals surface area (Å²) in [5.41, 5.74) is 7.75. The van der Waals surface area contributed by atoms with Gasteiger partial charge in [0.2, 0.25) is 0 Å². The van der Waals surface area contributed by atoms with Gasteiger partial charge in [-0.2, -0.15) is 5.10 Å². The highest BCUT2D eigenvalue weighted by atomic mass is 32.2. The van der Waals surface area contributed by atoms with E-state index in [0.717, 1.165) is 23.3 Å². The van der Waals surface area contributed by atoms with Gasteiger partial charge in [-0.15, -0.1) is 11.8 Å². The molecule has 1 aliphatic carbocycles. The molecule has 3 nitrogen and oxygen atoms in total. The van der Waals surface area contributed by atoms with Gasteiger partial charge in [0.1, 0.15) is 0 Å². The Kier molecular flexibility index (Phi) is 4.99. The number of benzene rings is 3. The SMILES string of the molecule is Cc1ccc(S[C@H](C)C(=O)N/N=C\c2ccc3c4c(cccc24)CC3)cc1. The average molecular weight is 375 g/mol. The van der Waals surface area contributed by atoms with E-state index in [-0.39, 0.29) is 11.2 Å². The predicted octanol–water partition coefficient (Wildman–Crippen LogP) is 4.88. The number of aryl methyl sites for hydroxylation is 3. The van der Waals surface area contributed by atoms with E-state index >= 15 is 0 Å². The summed E-state index contributed by atoms with van der Waals surface area (Å²) in [6, 6.07) is 18.9. The van der Waals surface area contributed by atoms with E-state index in [0.29, 0.717) is 0 Å². The van der Waals surface area contributed by atoms with Gasteiger partial charge in [0.15, 0.2) is 0 Å². The topological polar surface area (TPSA) is 41.5 Å². The van der Waals surface area contributed by atoms with Gasteiger partial charge in [0, 0.05) is 10.5 Å². The molecule has 1 N–H and O–H groups in total. The molecule has 0 aromatic heterocycles. The minimum absolute atomic E-state index is 0.0947. The highest BCUT2D eigenvalue weighted by molar-refractivity contribution is 8.00. The number of thioether (sulfide) groups is 1. The Morgan fingerprint density at radius 2 is 1.81 bits per heavy atom. The van der Waals surface area contributed by atoms with Crippen LogP contribution in [-0.2, 0) is 17.6 Å². The molecule has 0 aliphatic heterocycles. The van der Waals surface area contributed by atoms with E-state index in [1.54, 1.807) is 6.21 Å². The molecule has 0 unspecified atom stereocenters. The average Bonchev–Trinajstić information content (AvgIpc) is 3.10. The van der Waals surface area contributed by atoms with E-state index in [1.165, 1.54) is 39.2 Å². The molecule has 0 heterocycles. The molecule has 0 spiro atoms. The van der Waals surface area contributed by atoms with Gasteiger partial charge >= 0.3 is 0 Å². The van der Waals surface area contributed by atoms with Crippen molar-refractivity contribution in [3.05, 3.63) is 76.9 Å². The van der Waals surface area contributed by atoms with Gasteiger partial charge in [-0.25, -0.2) is 5.43 Å². The van der Waals surface area contributed by atoms with Crippen molar-refractivity contribution in [3.63, 3.8) is 0 Å². The van der Waals surface area contributed by atoms with Crippen molar-refractivity contribution in [3.8, 4) is 0 Å². The first kappa shape index (κ1) is 17.8. The summed E-state index contributed by atoms with van der Waals surface area (Å²) in [4.78, 5) is 13.4. The number of hydrazone groups is 1. The third-order valence-corrected chi connectivity index (χ3v) is 6.10. The quantitative estimate of drug-likeness (QED) is 0.393. The molecular formula is C23H22N2OS. The fraction of sp³-hybridized carbons (Fsp3) is 0.217. The van der Waals surface area contributed by atoms with Crippen LogP contribution in [0, 0.1) is 6.92 Å². The smallest absolute Gasteiger partial charge is 0.253 e. The summed E-state index contributed by atoms with van der Waals surface area (Å²) < 4.78 is 0. The molecule has 1 amide bonds. The van der Waals surface area contributed by atoms with Gasteiger partial charge in [-0.05, 0) is 60.7 Å². The maximum absolute atomic E-state index is 12.3. The minimum atomic E-state index is -0.210. The highest BCUT2D eigenvalue weighted by Gasteiger charge is 2.16. The Bertz CT molecular complexity index is 1010. The second-order valence-electron chi connectivity index (χ2n) is 6.96. The van der Waals surface area contributed by atoms with Crippen LogP contribution in [0.4, 0.5) is 0 Å². The first-order valence-corrected chi connectivity index (χ1v) is 10.1. The molecular weight excluding hydrogens is 352 g/mol. The zero-order valence-corrected chi connectivity index (χ0v) is 16.3. The van der Waals surface area contributed by atoms with Crippen LogP contribution in [0.2, 0.25) is 0 Å². The van der Waals surface area contributed by atoms with Crippen molar-refractivity contribution in [2.75, 3.05) is 0 Å². The minimum Gasteiger partial charge on any atom is -0.272 e. The van der Waals surface area contributed by atoms with Gasteiger partial charge in [0.25, 0.3) is 5.91 Å². The Morgan fingerprint density at radius 3 is 2.59 bits per heavy atom. The molecule has 0 saturated carbocycles. The molecule has 0 saturated heterocycles. The molecule has 0 bridgehead atoms. The zero-order valence-electron chi connectivity index (χ0n) is 15.5. The number of carbonyl (C=O) groups excluding carboxylic acids is 1. The summed E-state index contributed by atoms with van der Waals surface area (Å²) in [6.07, 6.45) is 3.97. The molecule has 0 fully saturated rings. The number of hydrogen-bond donors (Lipinski definition) is 1. The van der Waals surface area contributed by atoms with Crippen molar-refractivity contribution >= 4 is 34.7 Å². The summed E-state index contributed by atoms with van der Waals surface area (Å²) in [5.74, 6) is -0.0947. The molecule has 0 radical (unpaired) electrons. The van der Waals surface area contributed by atoms with E-state index in [4.69, 9.17) is 0 Å². The van der Waals surface area contributed by atoms with Gasteiger partial charge < -0.3 is 0 Å². The number of nitrogens with zero attached hydrogens (tertiary/aromatic N) is 1. The fourth-order valence-electron chi connectivity index (χ4n) is 3.51. The first-order chi connectivity index (χ1) is 13.1. The lowest BCUT2D eigenvalue weighted by atomic mass is 10.0. The standard InChI is InChI=1S/C23H22N2OS/c1-15-6-12-20(13-7-15)27-16(2)23(26)25-24-14-19-11-10-18-9-8-17-4-3-5-21(19)22(17)18/h3-7,10-14,16H,8-9H2,1-2H3,(H,25,26)/b24-14-/t16-/m1/s1. The van der Waals surface area contributed by atoms with Gasteiger partial charge in [-0.1, -0.05) is 48.0 Å². The second-order valence-corrected chi connectivity index (χ2v) is 8.38. The third kappa shape index (κ3) is 3.76. The number of carbonyl (C=O) groups is 1. The number of rotatable bonds is 5.